The van der Waals surface area contributed by atoms with Gasteiger partial charge < -0.3 is 4.79 Å². The molecular weight excluding hydrogens is 150 g/mol. The standard InChI is InChI=1S/C10H11NO/c12-7-9-3-1-2-8-6-11-5-4-10(8)9/h4-7,9H,1-3H2. The number of aryl methyl sites for hydroxylation is 1. The molecule has 0 radical (unpaired) electrons. The third-order valence-corrected chi connectivity index (χ3v) is 2.47. The third kappa shape index (κ3) is 1.13. The van der Waals surface area contributed by atoms with Crippen molar-refractivity contribution in [3.05, 3.63) is 29.6 Å². The molecule has 1 atom stereocenters. The first kappa shape index (κ1) is 7.47. The molecule has 2 heteroatoms. The highest BCUT2D eigenvalue weighted by molar-refractivity contribution is 5.63. The summed E-state index contributed by atoms with van der Waals surface area (Å²) in [6.45, 7) is 0. The van der Waals surface area contributed by atoms with E-state index in [-0.39, 0.29) is 5.92 Å². The monoisotopic (exact) mass is 161 g/mol. The summed E-state index contributed by atoms with van der Waals surface area (Å²) in [5, 5.41) is 0. The van der Waals surface area contributed by atoms with E-state index in [0.29, 0.717) is 0 Å². The molecule has 2 rings (SSSR count). The van der Waals surface area contributed by atoms with E-state index in [1.807, 2.05) is 12.3 Å². The van der Waals surface area contributed by atoms with Crippen molar-refractivity contribution in [3.8, 4) is 0 Å². The molecule has 0 saturated heterocycles. The number of carbonyl (C=O) groups is 1. The zero-order valence-electron chi connectivity index (χ0n) is 6.86. The van der Waals surface area contributed by atoms with Crippen LogP contribution in [-0.4, -0.2) is 11.3 Å². The first-order valence-electron chi connectivity index (χ1n) is 4.30. The zero-order chi connectivity index (χ0) is 8.39. The molecule has 1 aromatic rings. The minimum atomic E-state index is 0.122. The fourth-order valence-electron chi connectivity index (χ4n) is 1.82. The molecular formula is C10H11NO. The minimum absolute atomic E-state index is 0.122. The summed E-state index contributed by atoms with van der Waals surface area (Å²) < 4.78 is 0. The van der Waals surface area contributed by atoms with Crippen LogP contribution in [0.3, 0.4) is 0 Å². The van der Waals surface area contributed by atoms with Gasteiger partial charge in [-0.1, -0.05) is 0 Å². The SMILES string of the molecule is O=CC1CCCc2cnccc21. The Morgan fingerprint density at radius 2 is 2.50 bits per heavy atom. The van der Waals surface area contributed by atoms with Gasteiger partial charge in [0.05, 0.1) is 0 Å². The van der Waals surface area contributed by atoms with Crippen molar-refractivity contribution in [3.63, 3.8) is 0 Å². The van der Waals surface area contributed by atoms with E-state index in [2.05, 4.69) is 4.98 Å². The van der Waals surface area contributed by atoms with Crippen LogP contribution in [0.15, 0.2) is 18.5 Å². The largest absolute Gasteiger partial charge is 0.303 e. The molecule has 62 valence electrons. The lowest BCUT2D eigenvalue weighted by atomic mass is 9.85. The van der Waals surface area contributed by atoms with Crippen molar-refractivity contribution < 1.29 is 4.79 Å². The Morgan fingerprint density at radius 1 is 1.58 bits per heavy atom. The molecule has 0 amide bonds. The number of hydrogen-bond acceptors (Lipinski definition) is 2. The van der Waals surface area contributed by atoms with Gasteiger partial charge >= 0.3 is 0 Å². The van der Waals surface area contributed by atoms with E-state index < -0.39 is 0 Å². The molecule has 0 aromatic carbocycles. The van der Waals surface area contributed by atoms with E-state index >= 15 is 0 Å². The van der Waals surface area contributed by atoms with Crippen LogP contribution in [0.25, 0.3) is 0 Å². The number of pyridine rings is 1. The van der Waals surface area contributed by atoms with E-state index in [1.165, 1.54) is 11.1 Å². The van der Waals surface area contributed by atoms with Gasteiger partial charge in [0.25, 0.3) is 0 Å². The topological polar surface area (TPSA) is 30.0 Å². The lowest BCUT2D eigenvalue weighted by molar-refractivity contribution is -0.109. The number of fused-ring (bicyclic) bond motifs is 1. The fraction of sp³-hybridized carbons (Fsp3) is 0.400. The van der Waals surface area contributed by atoms with Gasteiger partial charge in [-0.3, -0.25) is 4.98 Å². The van der Waals surface area contributed by atoms with Gasteiger partial charge in [0.2, 0.25) is 0 Å². The van der Waals surface area contributed by atoms with Crippen LogP contribution in [0, 0.1) is 0 Å². The summed E-state index contributed by atoms with van der Waals surface area (Å²) in [6.07, 6.45) is 7.89. The highest BCUT2D eigenvalue weighted by Crippen LogP contribution is 2.28. The zero-order valence-corrected chi connectivity index (χ0v) is 6.86. The number of carbonyl (C=O) groups excluding carboxylic acids is 1. The summed E-state index contributed by atoms with van der Waals surface area (Å²) in [4.78, 5) is 14.8. The second kappa shape index (κ2) is 3.05. The van der Waals surface area contributed by atoms with Gasteiger partial charge in [0, 0.05) is 18.3 Å². The molecule has 1 aliphatic carbocycles. The van der Waals surface area contributed by atoms with Crippen LogP contribution < -0.4 is 0 Å². The molecule has 1 heterocycles. The van der Waals surface area contributed by atoms with E-state index in [0.717, 1.165) is 25.5 Å². The van der Waals surface area contributed by atoms with Gasteiger partial charge in [-0.15, -0.1) is 0 Å². The van der Waals surface area contributed by atoms with E-state index in [9.17, 15) is 4.79 Å². The van der Waals surface area contributed by atoms with Crippen molar-refractivity contribution in [2.75, 3.05) is 0 Å². The van der Waals surface area contributed by atoms with Gasteiger partial charge in [0.1, 0.15) is 6.29 Å². The average Bonchev–Trinajstić information content (AvgIpc) is 2.17. The summed E-state index contributed by atoms with van der Waals surface area (Å²) in [5.41, 5.74) is 2.44. The van der Waals surface area contributed by atoms with Crippen molar-refractivity contribution in [2.45, 2.75) is 25.2 Å². The molecule has 12 heavy (non-hydrogen) atoms. The maximum atomic E-state index is 10.7. The predicted molar refractivity (Wildman–Crippen MR) is 46.0 cm³/mol. The van der Waals surface area contributed by atoms with Crippen LogP contribution in [0.5, 0.6) is 0 Å². The average molecular weight is 161 g/mol. The van der Waals surface area contributed by atoms with Crippen molar-refractivity contribution in [1.29, 1.82) is 0 Å². The Balaban J connectivity index is 2.43. The van der Waals surface area contributed by atoms with E-state index in [1.54, 1.807) is 6.20 Å². The number of hydrogen-bond donors (Lipinski definition) is 0. The van der Waals surface area contributed by atoms with Crippen LogP contribution in [0.4, 0.5) is 0 Å². The van der Waals surface area contributed by atoms with Crippen LogP contribution in [0.1, 0.15) is 29.9 Å². The Hall–Kier alpha value is -1.18. The van der Waals surface area contributed by atoms with E-state index in [4.69, 9.17) is 0 Å². The van der Waals surface area contributed by atoms with Gasteiger partial charge in [0.15, 0.2) is 0 Å². The molecule has 0 bridgehead atoms. The fourth-order valence-corrected chi connectivity index (χ4v) is 1.82. The number of aromatic nitrogens is 1. The van der Waals surface area contributed by atoms with Gasteiger partial charge in [-0.2, -0.15) is 0 Å². The summed E-state index contributed by atoms with van der Waals surface area (Å²) in [5.74, 6) is 0.122. The first-order chi connectivity index (χ1) is 5.92. The molecule has 0 N–H and O–H groups in total. The Labute approximate surface area is 71.6 Å². The molecule has 2 nitrogen and oxygen atoms in total. The summed E-state index contributed by atoms with van der Waals surface area (Å²) in [7, 11) is 0. The third-order valence-electron chi connectivity index (χ3n) is 2.47. The number of aldehydes is 1. The molecule has 1 unspecified atom stereocenters. The lowest BCUT2D eigenvalue weighted by Crippen LogP contribution is -2.10. The van der Waals surface area contributed by atoms with Crippen molar-refractivity contribution in [2.24, 2.45) is 0 Å². The van der Waals surface area contributed by atoms with Crippen LogP contribution in [-0.2, 0) is 11.2 Å². The first-order valence-corrected chi connectivity index (χ1v) is 4.30. The Kier molecular flexibility index (Phi) is 1.90. The summed E-state index contributed by atoms with van der Waals surface area (Å²) >= 11 is 0. The number of rotatable bonds is 1. The minimum Gasteiger partial charge on any atom is -0.303 e. The smallest absolute Gasteiger partial charge is 0.127 e. The summed E-state index contributed by atoms with van der Waals surface area (Å²) in [6, 6.07) is 1.97. The molecule has 0 aliphatic heterocycles. The quantitative estimate of drug-likeness (QED) is 0.587. The van der Waals surface area contributed by atoms with Crippen molar-refractivity contribution >= 4 is 6.29 Å². The lowest BCUT2D eigenvalue weighted by Gasteiger charge is -2.19. The van der Waals surface area contributed by atoms with Crippen molar-refractivity contribution in [1.82, 2.24) is 4.98 Å². The molecule has 0 saturated carbocycles. The second-order valence-corrected chi connectivity index (χ2v) is 3.21. The Morgan fingerprint density at radius 3 is 3.33 bits per heavy atom. The number of nitrogens with zero attached hydrogens (tertiary/aromatic N) is 1. The molecule has 1 aliphatic rings. The normalized spacial score (nSPS) is 21.5. The molecule has 0 fully saturated rings. The second-order valence-electron chi connectivity index (χ2n) is 3.21. The van der Waals surface area contributed by atoms with Crippen LogP contribution >= 0.6 is 0 Å². The Bertz CT molecular complexity index is 296. The molecule has 1 aromatic heterocycles. The predicted octanol–water partition coefficient (Wildman–Crippen LogP) is 1.70. The maximum absolute atomic E-state index is 10.7. The van der Waals surface area contributed by atoms with Crippen LogP contribution in [0.2, 0.25) is 0 Å². The maximum Gasteiger partial charge on any atom is 0.127 e. The molecule has 0 spiro atoms. The van der Waals surface area contributed by atoms with Gasteiger partial charge in [-0.25, -0.2) is 0 Å². The highest BCUT2D eigenvalue weighted by Gasteiger charge is 2.18. The highest BCUT2D eigenvalue weighted by atomic mass is 16.1. The van der Waals surface area contributed by atoms with Gasteiger partial charge in [-0.05, 0) is 36.5 Å².